The average molecular weight is 281 g/mol. The number of anilines is 1. The van der Waals surface area contributed by atoms with Gasteiger partial charge in [0.2, 0.25) is 0 Å². The first kappa shape index (κ1) is 11.1. The Kier molecular flexibility index (Phi) is 2.49. The van der Waals surface area contributed by atoms with Gasteiger partial charge in [-0.25, -0.2) is 0 Å². The Balaban J connectivity index is 2.65. The minimum atomic E-state index is -1.71. The molecule has 0 bridgehead atoms. The molecule has 4 nitrogen and oxygen atoms in total. The molecule has 0 fully saturated rings. The van der Waals surface area contributed by atoms with Crippen molar-refractivity contribution < 1.29 is 9.90 Å². The van der Waals surface area contributed by atoms with E-state index in [0.29, 0.717) is 11.3 Å². The number of carbonyl (C=O) groups excluding carboxylic acids is 1. The van der Waals surface area contributed by atoms with Gasteiger partial charge in [-0.1, -0.05) is 15.9 Å². The van der Waals surface area contributed by atoms with Gasteiger partial charge < -0.3 is 10.0 Å². The Labute approximate surface area is 101 Å². The number of carbonyl (C=O) groups is 1. The molecular formula is C11H9BrN2O2. The zero-order valence-corrected chi connectivity index (χ0v) is 10.2. The SMILES string of the molecule is CN1C(=O)C(O)(CC#N)c2cc(Br)ccc21. The molecule has 0 spiro atoms. The van der Waals surface area contributed by atoms with Crippen LogP contribution >= 0.6 is 15.9 Å². The molecule has 1 unspecified atom stereocenters. The molecular weight excluding hydrogens is 272 g/mol. The number of fused-ring (bicyclic) bond motifs is 1. The van der Waals surface area contributed by atoms with Crippen LogP contribution in [-0.2, 0) is 10.4 Å². The third-order valence-electron chi connectivity index (χ3n) is 2.76. The third kappa shape index (κ3) is 1.34. The predicted octanol–water partition coefficient (Wildman–Crippen LogP) is 1.53. The molecule has 1 heterocycles. The normalized spacial score (nSPS) is 23.1. The van der Waals surface area contributed by atoms with E-state index in [1.54, 1.807) is 25.2 Å². The van der Waals surface area contributed by atoms with Crippen molar-refractivity contribution in [1.82, 2.24) is 0 Å². The van der Waals surface area contributed by atoms with Crippen LogP contribution in [0, 0.1) is 11.3 Å². The second kappa shape index (κ2) is 3.58. The summed E-state index contributed by atoms with van der Waals surface area (Å²) in [6.45, 7) is 0. The number of halogens is 1. The second-order valence-electron chi connectivity index (χ2n) is 3.72. The molecule has 0 saturated heterocycles. The monoisotopic (exact) mass is 280 g/mol. The first-order valence-corrected chi connectivity index (χ1v) is 5.47. The van der Waals surface area contributed by atoms with E-state index in [4.69, 9.17) is 5.26 Å². The molecule has 1 aliphatic rings. The molecule has 16 heavy (non-hydrogen) atoms. The summed E-state index contributed by atoms with van der Waals surface area (Å²) in [6, 6.07) is 7.06. The maximum atomic E-state index is 11.9. The highest BCUT2D eigenvalue weighted by Gasteiger charge is 2.48. The molecule has 1 aromatic carbocycles. The lowest BCUT2D eigenvalue weighted by Crippen LogP contribution is -2.38. The number of rotatable bonds is 1. The largest absolute Gasteiger partial charge is 0.374 e. The van der Waals surface area contributed by atoms with E-state index in [9.17, 15) is 9.90 Å². The molecule has 1 atom stereocenters. The maximum absolute atomic E-state index is 11.9. The van der Waals surface area contributed by atoms with Crippen LogP contribution in [0.25, 0.3) is 0 Å². The zero-order chi connectivity index (χ0) is 11.9. The summed E-state index contributed by atoms with van der Waals surface area (Å²) in [5.41, 5.74) is -0.579. The zero-order valence-electron chi connectivity index (χ0n) is 8.57. The van der Waals surface area contributed by atoms with Gasteiger partial charge >= 0.3 is 0 Å². The van der Waals surface area contributed by atoms with Gasteiger partial charge in [0.05, 0.1) is 18.2 Å². The van der Waals surface area contributed by atoms with Crippen molar-refractivity contribution in [1.29, 1.82) is 5.26 Å². The summed E-state index contributed by atoms with van der Waals surface area (Å²) in [7, 11) is 1.59. The van der Waals surface area contributed by atoms with Crippen molar-refractivity contribution in [3.05, 3.63) is 28.2 Å². The number of hydrogen-bond donors (Lipinski definition) is 1. The van der Waals surface area contributed by atoms with Gasteiger partial charge in [0.25, 0.3) is 5.91 Å². The van der Waals surface area contributed by atoms with E-state index >= 15 is 0 Å². The quantitative estimate of drug-likeness (QED) is 0.849. The van der Waals surface area contributed by atoms with E-state index in [1.165, 1.54) is 4.90 Å². The number of likely N-dealkylation sites (N-methyl/N-ethyl adjacent to an activating group) is 1. The van der Waals surface area contributed by atoms with Gasteiger partial charge in [0, 0.05) is 17.1 Å². The van der Waals surface area contributed by atoms with E-state index < -0.39 is 11.5 Å². The van der Waals surface area contributed by atoms with Crippen LogP contribution < -0.4 is 4.90 Å². The van der Waals surface area contributed by atoms with Crippen molar-refractivity contribution in [2.24, 2.45) is 0 Å². The molecule has 0 aliphatic carbocycles. The van der Waals surface area contributed by atoms with Gasteiger partial charge in [-0.2, -0.15) is 5.26 Å². The highest BCUT2D eigenvalue weighted by molar-refractivity contribution is 9.10. The molecule has 0 saturated carbocycles. The van der Waals surface area contributed by atoms with E-state index in [-0.39, 0.29) is 6.42 Å². The molecule has 0 radical (unpaired) electrons. The lowest BCUT2D eigenvalue weighted by molar-refractivity contribution is -0.135. The fourth-order valence-electron chi connectivity index (χ4n) is 1.92. The summed E-state index contributed by atoms with van der Waals surface area (Å²) in [6.07, 6.45) is -0.236. The minimum Gasteiger partial charge on any atom is -0.374 e. The van der Waals surface area contributed by atoms with Gasteiger partial charge in [-0.15, -0.1) is 0 Å². The highest BCUT2D eigenvalue weighted by Crippen LogP contribution is 2.42. The lowest BCUT2D eigenvalue weighted by Gasteiger charge is -2.17. The summed E-state index contributed by atoms with van der Waals surface area (Å²) < 4.78 is 0.769. The minimum absolute atomic E-state index is 0.236. The summed E-state index contributed by atoms with van der Waals surface area (Å²) in [5.74, 6) is -0.456. The predicted molar refractivity (Wildman–Crippen MR) is 61.7 cm³/mol. The number of nitrogens with zero attached hydrogens (tertiary/aromatic N) is 2. The number of nitriles is 1. The van der Waals surface area contributed by atoms with Crippen LogP contribution in [0.5, 0.6) is 0 Å². The van der Waals surface area contributed by atoms with Crippen molar-refractivity contribution in [2.45, 2.75) is 12.0 Å². The maximum Gasteiger partial charge on any atom is 0.264 e. The number of hydrogen-bond acceptors (Lipinski definition) is 3. The second-order valence-corrected chi connectivity index (χ2v) is 4.64. The summed E-state index contributed by atoms with van der Waals surface area (Å²) in [5, 5.41) is 19.0. The fourth-order valence-corrected chi connectivity index (χ4v) is 2.28. The molecule has 2 rings (SSSR count). The lowest BCUT2D eigenvalue weighted by atomic mass is 9.93. The van der Waals surface area contributed by atoms with Crippen LogP contribution in [0.4, 0.5) is 5.69 Å². The third-order valence-corrected chi connectivity index (χ3v) is 3.25. The molecule has 5 heteroatoms. The molecule has 1 N–H and O–H groups in total. The van der Waals surface area contributed by atoms with E-state index in [2.05, 4.69) is 15.9 Å². The topological polar surface area (TPSA) is 64.3 Å². The van der Waals surface area contributed by atoms with Crippen LogP contribution in [0.2, 0.25) is 0 Å². The molecule has 82 valence electrons. The van der Waals surface area contributed by atoms with Crippen LogP contribution in [0.3, 0.4) is 0 Å². The van der Waals surface area contributed by atoms with Crippen molar-refractivity contribution in [3.8, 4) is 6.07 Å². The number of aliphatic hydroxyl groups is 1. The average Bonchev–Trinajstić information content (AvgIpc) is 2.42. The van der Waals surface area contributed by atoms with Crippen molar-refractivity contribution in [2.75, 3.05) is 11.9 Å². The van der Waals surface area contributed by atoms with Crippen LogP contribution in [-0.4, -0.2) is 18.1 Å². The first-order valence-electron chi connectivity index (χ1n) is 4.68. The van der Waals surface area contributed by atoms with E-state index in [0.717, 1.165) is 4.47 Å². The van der Waals surface area contributed by atoms with Crippen molar-refractivity contribution >= 4 is 27.5 Å². The van der Waals surface area contributed by atoms with Gasteiger partial charge in [0.1, 0.15) is 0 Å². The Morgan fingerprint density at radius 2 is 2.31 bits per heavy atom. The van der Waals surface area contributed by atoms with Crippen molar-refractivity contribution in [3.63, 3.8) is 0 Å². The molecule has 0 aromatic heterocycles. The standard InChI is InChI=1S/C11H9BrN2O2/c1-14-9-3-2-7(12)6-8(9)11(16,4-5-13)10(14)15/h2-3,6,16H,4H2,1H3. The molecule has 1 aromatic rings. The Morgan fingerprint density at radius 3 is 2.94 bits per heavy atom. The summed E-state index contributed by atoms with van der Waals surface area (Å²) in [4.78, 5) is 13.3. The Hall–Kier alpha value is -1.38. The Bertz CT molecular complexity index is 509. The highest BCUT2D eigenvalue weighted by atomic mass is 79.9. The smallest absolute Gasteiger partial charge is 0.264 e. The number of amides is 1. The molecule has 1 aliphatic heterocycles. The summed E-state index contributed by atoms with van der Waals surface area (Å²) >= 11 is 3.28. The van der Waals surface area contributed by atoms with Crippen LogP contribution in [0.15, 0.2) is 22.7 Å². The van der Waals surface area contributed by atoms with Gasteiger partial charge in [-0.05, 0) is 18.2 Å². The fraction of sp³-hybridized carbons (Fsp3) is 0.273. The van der Waals surface area contributed by atoms with Gasteiger partial charge in [0.15, 0.2) is 5.60 Å². The Morgan fingerprint density at radius 1 is 1.62 bits per heavy atom. The number of benzene rings is 1. The van der Waals surface area contributed by atoms with Crippen LogP contribution in [0.1, 0.15) is 12.0 Å². The van der Waals surface area contributed by atoms with Gasteiger partial charge in [-0.3, -0.25) is 4.79 Å². The van der Waals surface area contributed by atoms with E-state index in [1.807, 2.05) is 6.07 Å². The molecule has 1 amide bonds. The first-order chi connectivity index (χ1) is 7.50.